The van der Waals surface area contributed by atoms with E-state index in [1.54, 1.807) is 6.20 Å². The number of nitrogens with one attached hydrogen (secondary N) is 3. The Balaban J connectivity index is 1.32. The monoisotopic (exact) mass is 658 g/mol. The molecule has 0 spiro atoms. The maximum Gasteiger partial charge on any atom is 0.407 e. The first-order chi connectivity index (χ1) is 22.3. The molecule has 2 heterocycles. The lowest BCUT2D eigenvalue weighted by atomic mass is 9.84. The standard InChI is InChI=1S/C36H39ClN4O4S/c1-23-33(34(46)30-20-18-27(37)21-39-30)45-28(22-38-23)19-17-24-11-9-10-16-29(24)40-35(42)32(41-36(43)44-2)31(25-12-5-3-6-13-25)26-14-7-4-8-15-26/h3-16,18,20-21,23,28,31-34,38,46H,17,19,22H2,1-2H3,(H,40,42)(H,41,43)/t23-,28-,32+,33+,34?/m1/s1. The van der Waals surface area contributed by atoms with Crippen LogP contribution in [0, 0.1) is 0 Å². The summed E-state index contributed by atoms with van der Waals surface area (Å²) in [5, 5.41) is 9.82. The molecular weight excluding hydrogens is 620 g/mol. The summed E-state index contributed by atoms with van der Waals surface area (Å²) in [5.41, 5.74) is 4.22. The van der Waals surface area contributed by atoms with E-state index in [9.17, 15) is 9.59 Å². The smallest absolute Gasteiger partial charge is 0.407 e. The van der Waals surface area contributed by atoms with Crippen molar-refractivity contribution < 1.29 is 19.1 Å². The summed E-state index contributed by atoms with van der Waals surface area (Å²) in [6, 6.07) is 29.9. The molecule has 240 valence electrons. The molecule has 1 aromatic heterocycles. The zero-order chi connectivity index (χ0) is 32.5. The molecule has 3 N–H and O–H groups in total. The molecule has 0 bridgehead atoms. The molecular formula is C36H39ClN4O4S. The van der Waals surface area contributed by atoms with Crippen LogP contribution in [0.15, 0.2) is 103 Å². The molecule has 1 aliphatic rings. The van der Waals surface area contributed by atoms with Gasteiger partial charge in [-0.2, -0.15) is 12.6 Å². The number of hydrogen-bond donors (Lipinski definition) is 4. The number of para-hydroxylation sites is 1. The lowest BCUT2D eigenvalue weighted by Crippen LogP contribution is -2.52. The van der Waals surface area contributed by atoms with Crippen molar-refractivity contribution in [2.45, 2.75) is 55.2 Å². The van der Waals surface area contributed by atoms with Crippen LogP contribution < -0.4 is 16.0 Å². The highest BCUT2D eigenvalue weighted by atomic mass is 35.5. The van der Waals surface area contributed by atoms with Gasteiger partial charge in [0.1, 0.15) is 6.04 Å². The number of carbonyl (C=O) groups is 2. The third kappa shape index (κ3) is 8.47. The number of morpholine rings is 1. The number of hydrogen-bond acceptors (Lipinski definition) is 7. The van der Waals surface area contributed by atoms with Gasteiger partial charge in [-0.05, 0) is 54.7 Å². The van der Waals surface area contributed by atoms with Gasteiger partial charge in [0.25, 0.3) is 0 Å². The number of amides is 2. The first kappa shape index (κ1) is 33.5. The number of halogens is 1. The van der Waals surface area contributed by atoms with Crippen molar-refractivity contribution in [1.82, 2.24) is 15.6 Å². The van der Waals surface area contributed by atoms with Crippen molar-refractivity contribution in [2.75, 3.05) is 19.0 Å². The van der Waals surface area contributed by atoms with Crippen LogP contribution in [0.25, 0.3) is 0 Å². The second-order valence-electron chi connectivity index (χ2n) is 11.4. The van der Waals surface area contributed by atoms with Crippen LogP contribution in [0.3, 0.4) is 0 Å². The number of carbonyl (C=O) groups excluding carboxylic acids is 2. The zero-order valence-corrected chi connectivity index (χ0v) is 27.5. The Bertz CT molecular complexity index is 1540. The maximum atomic E-state index is 14.1. The number of thiol groups is 1. The first-order valence-electron chi connectivity index (χ1n) is 15.4. The van der Waals surface area contributed by atoms with Crippen molar-refractivity contribution in [3.63, 3.8) is 0 Å². The third-order valence-corrected chi connectivity index (χ3v) is 9.06. The summed E-state index contributed by atoms with van der Waals surface area (Å²) in [7, 11) is 1.29. The van der Waals surface area contributed by atoms with Gasteiger partial charge < -0.3 is 25.4 Å². The predicted octanol–water partition coefficient (Wildman–Crippen LogP) is 6.58. The van der Waals surface area contributed by atoms with Crippen LogP contribution in [0.4, 0.5) is 10.5 Å². The van der Waals surface area contributed by atoms with Crippen molar-refractivity contribution in [3.05, 3.63) is 131 Å². The van der Waals surface area contributed by atoms with E-state index in [-0.39, 0.29) is 29.4 Å². The quantitative estimate of drug-likeness (QED) is 0.136. The van der Waals surface area contributed by atoms with Gasteiger partial charge in [-0.15, -0.1) is 0 Å². The number of aromatic nitrogens is 1. The molecule has 1 aliphatic heterocycles. The van der Waals surface area contributed by atoms with E-state index in [0.717, 1.165) is 28.8 Å². The van der Waals surface area contributed by atoms with E-state index in [4.69, 9.17) is 33.7 Å². The molecule has 10 heteroatoms. The summed E-state index contributed by atoms with van der Waals surface area (Å²) < 4.78 is 11.5. The molecule has 4 aromatic rings. The largest absolute Gasteiger partial charge is 0.453 e. The van der Waals surface area contributed by atoms with Gasteiger partial charge in [0, 0.05) is 30.4 Å². The number of benzene rings is 3. The van der Waals surface area contributed by atoms with E-state index < -0.39 is 18.1 Å². The highest BCUT2D eigenvalue weighted by Gasteiger charge is 2.35. The molecule has 8 nitrogen and oxygen atoms in total. The Kier molecular flexibility index (Phi) is 11.7. The molecule has 1 unspecified atom stereocenters. The van der Waals surface area contributed by atoms with Gasteiger partial charge in [-0.1, -0.05) is 90.5 Å². The van der Waals surface area contributed by atoms with Crippen molar-refractivity contribution in [1.29, 1.82) is 0 Å². The van der Waals surface area contributed by atoms with Crippen LogP contribution in [0.1, 0.15) is 46.9 Å². The van der Waals surface area contributed by atoms with Crippen molar-refractivity contribution in [2.24, 2.45) is 0 Å². The number of anilines is 1. The molecule has 0 radical (unpaired) electrons. The number of alkyl carbamates (subject to hydrolysis) is 1. The molecule has 0 saturated carbocycles. The Morgan fingerprint density at radius 2 is 1.65 bits per heavy atom. The minimum absolute atomic E-state index is 0.0683. The number of rotatable bonds is 11. The fourth-order valence-electron chi connectivity index (χ4n) is 5.84. The molecule has 1 saturated heterocycles. The molecule has 5 atom stereocenters. The van der Waals surface area contributed by atoms with Crippen LogP contribution in [-0.2, 0) is 20.7 Å². The van der Waals surface area contributed by atoms with Gasteiger partial charge in [0.05, 0.1) is 35.3 Å². The predicted molar refractivity (Wildman–Crippen MR) is 185 cm³/mol. The molecule has 46 heavy (non-hydrogen) atoms. The topological polar surface area (TPSA) is 102 Å². The second-order valence-corrected chi connectivity index (χ2v) is 12.4. The Morgan fingerprint density at radius 3 is 2.28 bits per heavy atom. The maximum absolute atomic E-state index is 14.1. The highest BCUT2D eigenvalue weighted by molar-refractivity contribution is 7.80. The second kappa shape index (κ2) is 16.1. The summed E-state index contributed by atoms with van der Waals surface area (Å²) >= 11 is 10.9. The van der Waals surface area contributed by atoms with Crippen LogP contribution in [0.5, 0.6) is 0 Å². The average molecular weight is 659 g/mol. The lowest BCUT2D eigenvalue weighted by molar-refractivity contribution is -0.118. The van der Waals surface area contributed by atoms with Gasteiger partial charge in [-0.3, -0.25) is 9.78 Å². The van der Waals surface area contributed by atoms with E-state index in [0.29, 0.717) is 23.7 Å². The summed E-state index contributed by atoms with van der Waals surface area (Å²) in [4.78, 5) is 31.1. The number of methoxy groups -OCH3 is 1. The van der Waals surface area contributed by atoms with E-state index in [2.05, 4.69) is 27.9 Å². The molecule has 1 fully saturated rings. The minimum Gasteiger partial charge on any atom is -0.453 e. The van der Waals surface area contributed by atoms with Crippen LogP contribution >= 0.6 is 24.2 Å². The van der Waals surface area contributed by atoms with Gasteiger partial charge in [-0.25, -0.2) is 4.79 Å². The normalized spacial score (nSPS) is 19.2. The molecule has 0 aliphatic carbocycles. The Morgan fingerprint density at radius 1 is 1.00 bits per heavy atom. The first-order valence-corrected chi connectivity index (χ1v) is 16.2. The van der Waals surface area contributed by atoms with Gasteiger partial charge in [0.2, 0.25) is 5.91 Å². The molecule has 5 rings (SSSR count). The van der Waals surface area contributed by atoms with Gasteiger partial charge in [0.15, 0.2) is 0 Å². The summed E-state index contributed by atoms with van der Waals surface area (Å²) in [6.07, 6.45) is 2.06. The zero-order valence-electron chi connectivity index (χ0n) is 25.8. The Hall–Kier alpha value is -3.89. The van der Waals surface area contributed by atoms with E-state index in [1.165, 1.54) is 7.11 Å². The van der Waals surface area contributed by atoms with E-state index >= 15 is 0 Å². The van der Waals surface area contributed by atoms with Crippen LogP contribution in [-0.4, -0.2) is 54.9 Å². The number of ether oxygens (including phenoxy) is 2. The fourth-order valence-corrected chi connectivity index (χ4v) is 6.43. The molecule has 2 amide bonds. The van der Waals surface area contributed by atoms with E-state index in [1.807, 2.05) is 97.1 Å². The average Bonchev–Trinajstić information content (AvgIpc) is 3.09. The Labute approximate surface area is 280 Å². The third-order valence-electron chi connectivity index (χ3n) is 8.28. The number of nitrogens with zero attached hydrogens (tertiary/aromatic N) is 1. The lowest BCUT2D eigenvalue weighted by Gasteiger charge is -2.38. The van der Waals surface area contributed by atoms with Crippen LogP contribution in [0.2, 0.25) is 5.02 Å². The number of pyridine rings is 1. The number of aryl methyl sites for hydroxylation is 1. The SMILES string of the molecule is COC(=O)N[C@H](C(=O)Nc1ccccc1CC[C@@H]1CN[C@H](C)[C@@H](C(S)c2ccc(Cl)cn2)O1)C(c1ccccc1)c1ccccc1. The summed E-state index contributed by atoms with van der Waals surface area (Å²) in [5.74, 6) is -0.813. The molecule has 3 aromatic carbocycles. The van der Waals surface area contributed by atoms with Gasteiger partial charge >= 0.3 is 6.09 Å². The fraction of sp³-hybridized carbons (Fsp3) is 0.306. The highest BCUT2D eigenvalue weighted by Crippen LogP contribution is 2.32. The van der Waals surface area contributed by atoms with Crippen molar-refractivity contribution >= 4 is 41.9 Å². The van der Waals surface area contributed by atoms with Crippen molar-refractivity contribution in [3.8, 4) is 0 Å². The summed E-state index contributed by atoms with van der Waals surface area (Å²) in [6.45, 7) is 2.78. The minimum atomic E-state index is -0.952.